The van der Waals surface area contributed by atoms with Gasteiger partial charge in [-0.3, -0.25) is 0 Å². The van der Waals surface area contributed by atoms with E-state index in [4.69, 9.17) is 0 Å². The first-order valence-electron chi connectivity index (χ1n) is 8.35. The molecule has 3 heteroatoms. The first-order chi connectivity index (χ1) is 9.16. The van der Waals surface area contributed by atoms with E-state index < -0.39 is 0 Å². The molecule has 0 aromatic carbocycles. The smallest absolute Gasteiger partial charge is 0.0110 e. The van der Waals surface area contributed by atoms with Gasteiger partial charge in [-0.05, 0) is 58.7 Å². The van der Waals surface area contributed by atoms with Crippen molar-refractivity contribution >= 4 is 0 Å². The minimum Gasteiger partial charge on any atom is -0.312 e. The fraction of sp³-hybridized carbons (Fsp3) is 1.00. The quantitative estimate of drug-likeness (QED) is 0.756. The summed E-state index contributed by atoms with van der Waals surface area (Å²) in [6.45, 7) is 22.4. The van der Waals surface area contributed by atoms with Crippen molar-refractivity contribution in [3.05, 3.63) is 0 Å². The van der Waals surface area contributed by atoms with Gasteiger partial charge in [0.1, 0.15) is 0 Å². The topological polar surface area (TPSA) is 18.5 Å². The predicted molar refractivity (Wildman–Crippen MR) is 89.3 cm³/mol. The fourth-order valence-corrected chi connectivity index (χ4v) is 2.50. The van der Waals surface area contributed by atoms with Gasteiger partial charge in [0.15, 0.2) is 0 Å². The van der Waals surface area contributed by atoms with Gasteiger partial charge in [0, 0.05) is 31.7 Å². The Morgan fingerprint density at radius 1 is 0.800 bits per heavy atom. The van der Waals surface area contributed by atoms with E-state index in [1.54, 1.807) is 0 Å². The third-order valence-corrected chi connectivity index (χ3v) is 3.95. The maximum absolute atomic E-state index is 3.57. The molecule has 1 aliphatic rings. The second-order valence-corrected chi connectivity index (χ2v) is 8.52. The zero-order valence-electron chi connectivity index (χ0n) is 14.8. The highest BCUT2D eigenvalue weighted by Crippen LogP contribution is 2.19. The van der Waals surface area contributed by atoms with Crippen LogP contribution in [0.15, 0.2) is 0 Å². The summed E-state index contributed by atoms with van der Waals surface area (Å²) in [5, 5.41) is 3.57. The minimum atomic E-state index is 0.256. The van der Waals surface area contributed by atoms with Gasteiger partial charge in [0.25, 0.3) is 0 Å². The van der Waals surface area contributed by atoms with Crippen molar-refractivity contribution in [2.24, 2.45) is 5.41 Å². The standard InChI is InChI=1S/C17H37N3/c1-16(2,3)8-11-20-14-12-19(13-15-20)10-7-9-18-17(4,5)6/h18H,7-15H2,1-6H3. The van der Waals surface area contributed by atoms with E-state index in [1.165, 1.54) is 52.1 Å². The molecule has 0 atom stereocenters. The van der Waals surface area contributed by atoms with Crippen LogP contribution in [0.2, 0.25) is 0 Å². The van der Waals surface area contributed by atoms with Crippen LogP contribution in [0.3, 0.4) is 0 Å². The molecule has 0 spiro atoms. The molecule has 1 fully saturated rings. The van der Waals surface area contributed by atoms with E-state index in [2.05, 4.69) is 56.7 Å². The van der Waals surface area contributed by atoms with Gasteiger partial charge >= 0.3 is 0 Å². The van der Waals surface area contributed by atoms with Crippen LogP contribution >= 0.6 is 0 Å². The van der Waals surface area contributed by atoms with Crippen molar-refractivity contribution in [3.8, 4) is 0 Å². The van der Waals surface area contributed by atoms with Crippen LogP contribution in [0.4, 0.5) is 0 Å². The molecule has 1 saturated heterocycles. The Kier molecular flexibility index (Phi) is 6.96. The van der Waals surface area contributed by atoms with Crippen molar-refractivity contribution in [1.82, 2.24) is 15.1 Å². The largest absolute Gasteiger partial charge is 0.312 e. The van der Waals surface area contributed by atoms with Crippen LogP contribution in [0.25, 0.3) is 0 Å². The molecule has 0 aromatic heterocycles. The van der Waals surface area contributed by atoms with Crippen LogP contribution in [0.1, 0.15) is 54.4 Å². The van der Waals surface area contributed by atoms with E-state index in [-0.39, 0.29) is 5.54 Å². The second-order valence-electron chi connectivity index (χ2n) is 8.52. The van der Waals surface area contributed by atoms with Gasteiger partial charge in [0.2, 0.25) is 0 Å². The van der Waals surface area contributed by atoms with Gasteiger partial charge in [0.05, 0.1) is 0 Å². The summed E-state index contributed by atoms with van der Waals surface area (Å²) >= 11 is 0. The van der Waals surface area contributed by atoms with Crippen molar-refractivity contribution in [2.75, 3.05) is 45.8 Å². The molecule has 1 aliphatic heterocycles. The molecular formula is C17H37N3. The molecule has 0 bridgehead atoms. The molecule has 0 aromatic rings. The SMILES string of the molecule is CC(C)(C)CCN1CCN(CCCNC(C)(C)C)CC1. The summed E-state index contributed by atoms with van der Waals surface area (Å²) in [7, 11) is 0. The van der Waals surface area contributed by atoms with Gasteiger partial charge in [-0.15, -0.1) is 0 Å². The van der Waals surface area contributed by atoms with E-state index in [1.807, 2.05) is 0 Å². The summed E-state index contributed by atoms with van der Waals surface area (Å²) in [4.78, 5) is 5.26. The monoisotopic (exact) mass is 283 g/mol. The number of nitrogens with one attached hydrogen (secondary N) is 1. The number of hydrogen-bond donors (Lipinski definition) is 1. The van der Waals surface area contributed by atoms with Gasteiger partial charge in [-0.2, -0.15) is 0 Å². The molecule has 0 radical (unpaired) electrons. The normalized spacial score (nSPS) is 19.5. The van der Waals surface area contributed by atoms with Crippen molar-refractivity contribution in [2.45, 2.75) is 59.9 Å². The maximum atomic E-state index is 3.57. The average molecular weight is 284 g/mol. The Hall–Kier alpha value is -0.120. The molecule has 0 amide bonds. The lowest BCUT2D eigenvalue weighted by Gasteiger charge is -2.36. The molecule has 0 aliphatic carbocycles. The summed E-state index contributed by atoms with van der Waals surface area (Å²) in [6.07, 6.45) is 2.57. The van der Waals surface area contributed by atoms with Gasteiger partial charge in [-0.25, -0.2) is 0 Å². The first-order valence-corrected chi connectivity index (χ1v) is 8.35. The lowest BCUT2D eigenvalue weighted by Crippen LogP contribution is -2.47. The molecular weight excluding hydrogens is 246 g/mol. The third kappa shape index (κ3) is 8.93. The highest BCUT2D eigenvalue weighted by atomic mass is 15.3. The van der Waals surface area contributed by atoms with E-state index >= 15 is 0 Å². The van der Waals surface area contributed by atoms with Gasteiger partial charge < -0.3 is 15.1 Å². The van der Waals surface area contributed by atoms with Crippen LogP contribution in [0.5, 0.6) is 0 Å². The molecule has 0 saturated carbocycles. The molecule has 1 N–H and O–H groups in total. The van der Waals surface area contributed by atoms with E-state index in [9.17, 15) is 0 Å². The lowest BCUT2D eigenvalue weighted by atomic mass is 9.92. The minimum absolute atomic E-state index is 0.256. The molecule has 0 unspecified atom stereocenters. The fourth-order valence-electron chi connectivity index (χ4n) is 2.50. The molecule has 120 valence electrons. The highest BCUT2D eigenvalue weighted by Gasteiger charge is 2.18. The zero-order valence-corrected chi connectivity index (χ0v) is 14.8. The Labute approximate surface area is 127 Å². The molecule has 1 rings (SSSR count). The predicted octanol–water partition coefficient (Wildman–Crippen LogP) is 2.82. The van der Waals surface area contributed by atoms with Crippen LogP contribution in [-0.2, 0) is 0 Å². The van der Waals surface area contributed by atoms with Crippen molar-refractivity contribution in [3.63, 3.8) is 0 Å². The number of nitrogens with zero attached hydrogens (tertiary/aromatic N) is 2. The zero-order chi connectivity index (χ0) is 15.2. The molecule has 1 heterocycles. The summed E-state index contributed by atoms with van der Waals surface area (Å²) < 4.78 is 0. The van der Waals surface area contributed by atoms with Crippen molar-refractivity contribution < 1.29 is 0 Å². The average Bonchev–Trinajstić information content (AvgIpc) is 2.31. The summed E-state index contributed by atoms with van der Waals surface area (Å²) in [6, 6.07) is 0. The first kappa shape index (κ1) is 17.9. The Morgan fingerprint density at radius 2 is 1.30 bits per heavy atom. The molecule has 3 nitrogen and oxygen atoms in total. The van der Waals surface area contributed by atoms with Crippen LogP contribution < -0.4 is 5.32 Å². The van der Waals surface area contributed by atoms with E-state index in [0.717, 1.165) is 6.54 Å². The summed E-state index contributed by atoms with van der Waals surface area (Å²) in [5.41, 5.74) is 0.724. The Morgan fingerprint density at radius 3 is 1.75 bits per heavy atom. The van der Waals surface area contributed by atoms with E-state index in [0.29, 0.717) is 5.41 Å². The number of rotatable bonds is 6. The molecule has 20 heavy (non-hydrogen) atoms. The second kappa shape index (κ2) is 7.77. The highest BCUT2D eigenvalue weighted by molar-refractivity contribution is 4.75. The number of hydrogen-bond acceptors (Lipinski definition) is 3. The third-order valence-electron chi connectivity index (χ3n) is 3.95. The number of piperazine rings is 1. The van der Waals surface area contributed by atoms with Crippen LogP contribution in [0, 0.1) is 5.41 Å². The maximum Gasteiger partial charge on any atom is 0.0110 e. The summed E-state index contributed by atoms with van der Waals surface area (Å²) in [5.74, 6) is 0. The van der Waals surface area contributed by atoms with Crippen molar-refractivity contribution in [1.29, 1.82) is 0 Å². The Bertz CT molecular complexity index is 254. The van der Waals surface area contributed by atoms with Crippen LogP contribution in [-0.4, -0.2) is 61.2 Å². The lowest BCUT2D eigenvalue weighted by molar-refractivity contribution is 0.120. The van der Waals surface area contributed by atoms with Gasteiger partial charge in [-0.1, -0.05) is 20.8 Å². The Balaban J connectivity index is 2.07.